The first kappa shape index (κ1) is 16.4. The summed E-state index contributed by atoms with van der Waals surface area (Å²) in [7, 11) is 1.78. The van der Waals surface area contributed by atoms with Gasteiger partial charge in [-0.15, -0.1) is 0 Å². The minimum absolute atomic E-state index is 0.473. The fourth-order valence-electron chi connectivity index (χ4n) is 2.84. The molecule has 0 radical (unpaired) electrons. The summed E-state index contributed by atoms with van der Waals surface area (Å²) < 4.78 is 7.72. The van der Waals surface area contributed by atoms with Gasteiger partial charge in [0, 0.05) is 49.8 Å². The Morgan fingerprint density at radius 1 is 1.41 bits per heavy atom. The summed E-state index contributed by atoms with van der Waals surface area (Å²) in [5.41, 5.74) is 3.08. The van der Waals surface area contributed by atoms with Crippen LogP contribution in [0.15, 0.2) is 42.2 Å². The van der Waals surface area contributed by atoms with Crippen LogP contribution in [-0.2, 0) is 4.74 Å². The van der Waals surface area contributed by atoms with Crippen LogP contribution in [0.3, 0.4) is 0 Å². The van der Waals surface area contributed by atoms with Crippen molar-refractivity contribution in [3.05, 3.63) is 42.7 Å². The molecule has 118 valence electrons. The maximum atomic E-state index is 5.45. The summed E-state index contributed by atoms with van der Waals surface area (Å²) >= 11 is 0. The van der Waals surface area contributed by atoms with Crippen molar-refractivity contribution in [2.24, 2.45) is 4.99 Å². The van der Waals surface area contributed by atoms with E-state index >= 15 is 0 Å². The van der Waals surface area contributed by atoms with Gasteiger partial charge >= 0.3 is 0 Å². The predicted octanol–water partition coefficient (Wildman–Crippen LogP) is 3.97. The van der Waals surface area contributed by atoms with Crippen molar-refractivity contribution in [1.29, 1.82) is 0 Å². The lowest BCUT2D eigenvalue weighted by Gasteiger charge is -2.26. The van der Waals surface area contributed by atoms with Crippen molar-refractivity contribution in [3.8, 4) is 11.4 Å². The smallest absolute Gasteiger partial charge is 0.140 e. The molecule has 0 aromatic rings. The number of pyridine rings is 1. The zero-order valence-corrected chi connectivity index (χ0v) is 13.7. The number of aromatic nitrogens is 2. The molecule has 0 N–H and O–H groups in total. The molecule has 0 aliphatic carbocycles. The van der Waals surface area contributed by atoms with E-state index in [9.17, 15) is 0 Å². The van der Waals surface area contributed by atoms with Gasteiger partial charge in [0.2, 0.25) is 0 Å². The van der Waals surface area contributed by atoms with Crippen molar-refractivity contribution in [1.82, 2.24) is 9.55 Å². The molecule has 4 nitrogen and oxygen atoms in total. The largest absolute Gasteiger partial charge is 0.381 e. The molecule has 1 fully saturated rings. The first-order chi connectivity index (χ1) is 10.8. The Hall–Kier alpha value is -1.94. The molecule has 0 spiro atoms. The molecule has 0 saturated carbocycles. The minimum atomic E-state index is 0.473. The van der Waals surface area contributed by atoms with Gasteiger partial charge in [0.15, 0.2) is 0 Å². The number of allylic oxidation sites excluding steroid dienone is 1. The van der Waals surface area contributed by atoms with Gasteiger partial charge in [0.1, 0.15) is 5.82 Å². The highest BCUT2D eigenvalue weighted by Gasteiger charge is 2.22. The standard InChI is InChI=1S/C16H19N3O.C2H6/c1-3-15(17-2)14-11-18-16-13(14)5-4-8-19(16)12-6-9-20-10-7-12;1-2/h3-5,8,11-12H,1,6-7,9-10H2,2H3;1-2H3. The Morgan fingerprint density at radius 2 is 2.14 bits per heavy atom. The molecule has 0 atom stereocenters. The highest BCUT2D eigenvalue weighted by molar-refractivity contribution is 6.12. The van der Waals surface area contributed by atoms with Crippen LogP contribution in [0, 0.1) is 0 Å². The van der Waals surface area contributed by atoms with Gasteiger partial charge in [-0.1, -0.05) is 20.4 Å². The number of hydrogen-bond donors (Lipinski definition) is 0. The van der Waals surface area contributed by atoms with Gasteiger partial charge in [0.05, 0.1) is 5.71 Å². The average molecular weight is 299 g/mol. The van der Waals surface area contributed by atoms with Gasteiger partial charge in [-0.25, -0.2) is 4.98 Å². The van der Waals surface area contributed by atoms with E-state index in [-0.39, 0.29) is 0 Å². The average Bonchev–Trinajstić information content (AvgIpc) is 3.03. The van der Waals surface area contributed by atoms with E-state index in [4.69, 9.17) is 4.74 Å². The topological polar surface area (TPSA) is 39.4 Å². The minimum Gasteiger partial charge on any atom is -0.381 e. The zero-order chi connectivity index (χ0) is 15.9. The number of hydrogen-bond acceptors (Lipinski definition) is 3. The van der Waals surface area contributed by atoms with E-state index in [0.29, 0.717) is 6.04 Å². The normalized spacial score (nSPS) is 16.2. The maximum absolute atomic E-state index is 5.45. The van der Waals surface area contributed by atoms with Crippen LogP contribution in [0.1, 0.15) is 38.3 Å². The van der Waals surface area contributed by atoms with Crippen molar-refractivity contribution in [3.63, 3.8) is 0 Å². The van der Waals surface area contributed by atoms with Crippen molar-refractivity contribution < 1.29 is 4.74 Å². The van der Waals surface area contributed by atoms with Crippen LogP contribution in [0.2, 0.25) is 0 Å². The van der Waals surface area contributed by atoms with E-state index in [2.05, 4.69) is 39.5 Å². The molecule has 1 saturated heterocycles. The zero-order valence-electron chi connectivity index (χ0n) is 13.7. The second-order valence-electron chi connectivity index (χ2n) is 4.98. The van der Waals surface area contributed by atoms with Crippen LogP contribution in [0.25, 0.3) is 11.4 Å². The Bertz CT molecular complexity index is 609. The van der Waals surface area contributed by atoms with Crippen molar-refractivity contribution in [2.45, 2.75) is 32.7 Å². The molecule has 0 unspecified atom stereocenters. The summed E-state index contributed by atoms with van der Waals surface area (Å²) in [5.74, 6) is 1.03. The third-order valence-electron chi connectivity index (χ3n) is 3.90. The summed E-state index contributed by atoms with van der Waals surface area (Å²) in [6, 6.07) is 4.66. The van der Waals surface area contributed by atoms with Gasteiger partial charge in [-0.3, -0.25) is 4.99 Å². The lowest BCUT2D eigenvalue weighted by atomic mass is 10.0. The fraction of sp³-hybridized carbons (Fsp3) is 0.444. The molecule has 22 heavy (non-hydrogen) atoms. The van der Waals surface area contributed by atoms with Gasteiger partial charge in [-0.05, 0) is 31.1 Å². The highest BCUT2D eigenvalue weighted by Crippen LogP contribution is 2.31. The molecule has 0 bridgehead atoms. The van der Waals surface area contributed by atoms with Crippen LogP contribution in [0.4, 0.5) is 0 Å². The first-order valence-corrected chi connectivity index (χ1v) is 7.98. The second kappa shape index (κ2) is 7.90. The molecular formula is C18H25N3O. The third kappa shape index (κ3) is 3.12. The Morgan fingerprint density at radius 3 is 2.77 bits per heavy atom. The molecule has 3 aliphatic rings. The monoisotopic (exact) mass is 299 g/mol. The van der Waals surface area contributed by atoms with E-state index in [1.165, 1.54) is 0 Å². The van der Waals surface area contributed by atoms with Crippen LogP contribution in [0.5, 0.6) is 0 Å². The molecule has 3 aliphatic heterocycles. The molecule has 3 heterocycles. The summed E-state index contributed by atoms with van der Waals surface area (Å²) in [5, 5.41) is 0. The van der Waals surface area contributed by atoms with Gasteiger partial charge in [0.25, 0.3) is 0 Å². The quantitative estimate of drug-likeness (QED) is 0.804. The van der Waals surface area contributed by atoms with E-state index in [0.717, 1.165) is 48.7 Å². The van der Waals surface area contributed by atoms with E-state index < -0.39 is 0 Å². The lowest BCUT2D eigenvalue weighted by molar-refractivity contribution is 0.0697. The number of ether oxygens (including phenoxy) is 1. The molecule has 0 aromatic carbocycles. The summed E-state index contributed by atoms with van der Waals surface area (Å²) in [6.45, 7) is 9.48. The molecule has 4 heteroatoms. The summed E-state index contributed by atoms with van der Waals surface area (Å²) in [4.78, 5) is 8.87. The highest BCUT2D eigenvalue weighted by atomic mass is 16.5. The van der Waals surface area contributed by atoms with Crippen LogP contribution >= 0.6 is 0 Å². The Balaban J connectivity index is 0.000000847. The molecule has 0 amide bonds. The van der Waals surface area contributed by atoms with Crippen molar-refractivity contribution in [2.75, 3.05) is 20.3 Å². The van der Waals surface area contributed by atoms with Crippen molar-refractivity contribution >= 4 is 5.71 Å². The SMILES string of the molecule is C=CC(=NC)c1cnc2n(C3CCOCC3)cccc1-2.CC. The van der Waals surface area contributed by atoms with E-state index in [1.54, 1.807) is 13.1 Å². The third-order valence-corrected chi connectivity index (χ3v) is 3.90. The molecule has 3 rings (SSSR count). The van der Waals surface area contributed by atoms with Crippen LogP contribution < -0.4 is 0 Å². The number of aliphatic imine (C=N–C) groups is 1. The lowest BCUT2D eigenvalue weighted by Crippen LogP contribution is -2.21. The first-order valence-electron chi connectivity index (χ1n) is 7.98. The van der Waals surface area contributed by atoms with E-state index in [1.807, 2.05) is 20.0 Å². The van der Waals surface area contributed by atoms with Gasteiger partial charge in [-0.2, -0.15) is 0 Å². The van der Waals surface area contributed by atoms with Crippen LogP contribution in [-0.4, -0.2) is 35.5 Å². The van der Waals surface area contributed by atoms with Gasteiger partial charge < -0.3 is 9.30 Å². The number of fused-ring (bicyclic) bond motifs is 1. The Labute approximate surface area is 132 Å². The predicted molar refractivity (Wildman–Crippen MR) is 91.9 cm³/mol. The maximum Gasteiger partial charge on any atom is 0.140 e. The number of rotatable bonds is 3. The second-order valence-corrected chi connectivity index (χ2v) is 4.98. The number of nitrogens with zero attached hydrogens (tertiary/aromatic N) is 3. The fourth-order valence-corrected chi connectivity index (χ4v) is 2.84. The summed E-state index contributed by atoms with van der Waals surface area (Å²) in [6.07, 6.45) is 7.88. The molecular weight excluding hydrogens is 274 g/mol. The Kier molecular flexibility index (Phi) is 5.90. The molecule has 0 aromatic heterocycles.